The van der Waals surface area contributed by atoms with Crippen LogP contribution in [-0.2, 0) is 14.8 Å². The zero-order chi connectivity index (χ0) is 23.3. The second kappa shape index (κ2) is 10.3. The fourth-order valence-corrected chi connectivity index (χ4v) is 6.08. The molecule has 2 heterocycles. The molecule has 32 heavy (non-hydrogen) atoms. The number of amides is 1. The lowest BCUT2D eigenvalue weighted by atomic mass is 10.1. The number of nitriles is 1. The average molecular weight is 476 g/mol. The molecule has 1 amide bonds. The Hall–Kier alpha value is -2.74. The monoisotopic (exact) mass is 475 g/mol. The number of carbonyl (C=O) groups excluding carboxylic acids is 2. The van der Waals surface area contributed by atoms with Gasteiger partial charge in [0, 0.05) is 18.7 Å². The van der Waals surface area contributed by atoms with Crippen molar-refractivity contribution in [2.45, 2.75) is 44.4 Å². The maximum absolute atomic E-state index is 12.9. The van der Waals surface area contributed by atoms with Gasteiger partial charge in [-0.15, -0.1) is 11.3 Å². The maximum Gasteiger partial charge on any atom is 0.348 e. The smallest absolute Gasteiger partial charge is 0.348 e. The number of hydrogen-bond donors (Lipinski definition) is 1. The summed E-state index contributed by atoms with van der Waals surface area (Å²) in [6.45, 7) is 4.52. The van der Waals surface area contributed by atoms with E-state index in [9.17, 15) is 23.3 Å². The molecule has 170 valence electrons. The topological polar surface area (TPSA) is 117 Å². The molecule has 8 nitrogen and oxygen atoms in total. The van der Waals surface area contributed by atoms with Crippen molar-refractivity contribution in [2.75, 3.05) is 25.0 Å². The molecule has 1 aromatic heterocycles. The van der Waals surface area contributed by atoms with Crippen LogP contribution >= 0.6 is 11.3 Å². The molecule has 0 radical (unpaired) electrons. The lowest BCUT2D eigenvalue weighted by molar-refractivity contribution is 0.0531. The zero-order valence-electron chi connectivity index (χ0n) is 18.0. The summed E-state index contributed by atoms with van der Waals surface area (Å²) in [6.07, 6.45) is 3.73. The van der Waals surface area contributed by atoms with Crippen molar-refractivity contribution in [1.82, 2.24) is 4.31 Å². The standard InChI is InChI=1S/C22H25N3O5S2/c1-3-30-22(27)19-15(2)18(14-23)21(31-19)24-20(26)16-8-10-17(11-9-16)32(28,29)25-12-6-4-5-7-13-25/h8-11H,3-7,12-13H2,1-2H3,(H,24,26). The first-order chi connectivity index (χ1) is 15.3. The predicted molar refractivity (Wildman–Crippen MR) is 121 cm³/mol. The number of carbonyl (C=O) groups is 2. The SMILES string of the molecule is CCOC(=O)c1sc(NC(=O)c2ccc(S(=O)(=O)N3CCCCCC3)cc2)c(C#N)c1C. The maximum atomic E-state index is 12.9. The van der Waals surface area contributed by atoms with E-state index in [1.54, 1.807) is 13.8 Å². The van der Waals surface area contributed by atoms with Crippen LogP contribution in [0.2, 0.25) is 0 Å². The summed E-state index contributed by atoms with van der Waals surface area (Å²) >= 11 is 0.978. The summed E-state index contributed by atoms with van der Waals surface area (Å²) < 4.78 is 32.3. The van der Waals surface area contributed by atoms with E-state index < -0.39 is 21.9 Å². The molecule has 0 saturated carbocycles. The molecule has 1 aliphatic heterocycles. The molecule has 1 aliphatic rings. The number of benzene rings is 1. The summed E-state index contributed by atoms with van der Waals surface area (Å²) in [4.78, 5) is 25.2. The first-order valence-electron chi connectivity index (χ1n) is 10.4. The van der Waals surface area contributed by atoms with E-state index in [1.807, 2.05) is 6.07 Å². The number of thiophene rings is 1. The summed E-state index contributed by atoms with van der Waals surface area (Å²) in [6, 6.07) is 7.74. The first-order valence-corrected chi connectivity index (χ1v) is 12.7. The number of esters is 1. The third kappa shape index (κ3) is 5.01. The molecule has 1 fully saturated rings. The van der Waals surface area contributed by atoms with Crippen LogP contribution in [-0.4, -0.2) is 44.3 Å². The molecule has 0 spiro atoms. The minimum absolute atomic E-state index is 0.144. The molecule has 2 aromatic rings. The van der Waals surface area contributed by atoms with Gasteiger partial charge in [-0.1, -0.05) is 12.8 Å². The van der Waals surface area contributed by atoms with Gasteiger partial charge in [0.15, 0.2) is 0 Å². The van der Waals surface area contributed by atoms with E-state index in [1.165, 1.54) is 28.6 Å². The number of anilines is 1. The van der Waals surface area contributed by atoms with Crippen LogP contribution in [0.4, 0.5) is 5.00 Å². The summed E-state index contributed by atoms with van der Waals surface area (Å²) in [5.41, 5.74) is 0.893. The lowest BCUT2D eigenvalue weighted by Crippen LogP contribution is -2.31. The Bertz CT molecular complexity index is 1140. The van der Waals surface area contributed by atoms with E-state index in [4.69, 9.17) is 4.74 Å². The van der Waals surface area contributed by atoms with Crippen molar-refractivity contribution < 1.29 is 22.7 Å². The van der Waals surface area contributed by atoms with Gasteiger partial charge in [-0.05, 0) is 56.5 Å². The Labute approximate surface area is 191 Å². The van der Waals surface area contributed by atoms with Crippen molar-refractivity contribution in [3.63, 3.8) is 0 Å². The fourth-order valence-electron chi connectivity index (χ4n) is 3.51. The van der Waals surface area contributed by atoms with Crippen LogP contribution < -0.4 is 5.32 Å². The molecular weight excluding hydrogens is 450 g/mol. The first kappa shape index (κ1) is 23.9. The van der Waals surface area contributed by atoms with Gasteiger partial charge < -0.3 is 10.1 Å². The van der Waals surface area contributed by atoms with Gasteiger partial charge in [-0.25, -0.2) is 13.2 Å². The molecule has 1 aromatic carbocycles. The Morgan fingerprint density at radius 3 is 2.34 bits per heavy atom. The summed E-state index contributed by atoms with van der Waals surface area (Å²) in [5, 5.41) is 12.4. The number of ether oxygens (including phenoxy) is 1. The third-order valence-corrected chi connectivity index (χ3v) is 8.37. The van der Waals surface area contributed by atoms with Crippen molar-refractivity contribution in [3.8, 4) is 6.07 Å². The van der Waals surface area contributed by atoms with E-state index in [-0.39, 0.29) is 32.5 Å². The van der Waals surface area contributed by atoms with Crippen LogP contribution in [0.3, 0.4) is 0 Å². The molecule has 10 heteroatoms. The molecule has 1 N–H and O–H groups in total. The highest BCUT2D eigenvalue weighted by Crippen LogP contribution is 2.33. The van der Waals surface area contributed by atoms with Crippen molar-refractivity contribution >= 4 is 38.2 Å². The number of sulfonamides is 1. The lowest BCUT2D eigenvalue weighted by Gasteiger charge is -2.20. The van der Waals surface area contributed by atoms with E-state index in [0.717, 1.165) is 37.0 Å². The molecule has 0 aliphatic carbocycles. The van der Waals surface area contributed by atoms with Crippen LogP contribution in [0.1, 0.15) is 63.8 Å². The second-order valence-electron chi connectivity index (χ2n) is 7.39. The van der Waals surface area contributed by atoms with E-state index in [0.29, 0.717) is 18.7 Å². The van der Waals surface area contributed by atoms with Crippen molar-refractivity contribution in [2.24, 2.45) is 0 Å². The van der Waals surface area contributed by atoms with Gasteiger partial charge in [0.25, 0.3) is 5.91 Å². The summed E-state index contributed by atoms with van der Waals surface area (Å²) in [7, 11) is -3.61. The number of rotatable bonds is 6. The van der Waals surface area contributed by atoms with Gasteiger partial charge in [0.1, 0.15) is 15.9 Å². The van der Waals surface area contributed by atoms with E-state index in [2.05, 4.69) is 5.32 Å². The minimum atomic E-state index is -3.61. The van der Waals surface area contributed by atoms with Crippen LogP contribution in [0, 0.1) is 18.3 Å². The molecule has 3 rings (SSSR count). The molecule has 0 atom stereocenters. The largest absolute Gasteiger partial charge is 0.462 e. The fraction of sp³-hybridized carbons (Fsp3) is 0.409. The van der Waals surface area contributed by atoms with Crippen molar-refractivity contribution in [1.29, 1.82) is 5.26 Å². The van der Waals surface area contributed by atoms with Gasteiger partial charge >= 0.3 is 5.97 Å². The molecular formula is C22H25N3O5S2. The third-order valence-electron chi connectivity index (χ3n) is 5.27. The van der Waals surface area contributed by atoms with Crippen LogP contribution in [0.15, 0.2) is 29.2 Å². The zero-order valence-corrected chi connectivity index (χ0v) is 19.6. The minimum Gasteiger partial charge on any atom is -0.462 e. The molecule has 0 bridgehead atoms. The summed E-state index contributed by atoms with van der Waals surface area (Å²) in [5.74, 6) is -1.05. The Morgan fingerprint density at radius 2 is 1.78 bits per heavy atom. The van der Waals surface area contributed by atoms with Gasteiger partial charge in [-0.3, -0.25) is 4.79 Å². The number of nitrogens with one attached hydrogen (secondary N) is 1. The predicted octanol–water partition coefficient (Wildman–Crippen LogP) is 3.92. The van der Waals surface area contributed by atoms with Gasteiger partial charge in [0.2, 0.25) is 10.0 Å². The van der Waals surface area contributed by atoms with E-state index >= 15 is 0 Å². The quantitative estimate of drug-likeness (QED) is 0.633. The number of nitrogens with zero attached hydrogens (tertiary/aromatic N) is 2. The highest BCUT2D eigenvalue weighted by atomic mass is 32.2. The highest BCUT2D eigenvalue weighted by molar-refractivity contribution is 7.89. The average Bonchev–Trinajstić information content (AvgIpc) is 2.94. The second-order valence-corrected chi connectivity index (χ2v) is 10.3. The number of hydrogen-bond acceptors (Lipinski definition) is 7. The van der Waals surface area contributed by atoms with Crippen molar-refractivity contribution in [3.05, 3.63) is 45.8 Å². The highest BCUT2D eigenvalue weighted by Gasteiger charge is 2.26. The van der Waals surface area contributed by atoms with Gasteiger partial charge in [-0.2, -0.15) is 9.57 Å². The molecule has 1 saturated heterocycles. The Morgan fingerprint density at radius 1 is 1.16 bits per heavy atom. The molecule has 0 unspecified atom stereocenters. The van der Waals surface area contributed by atoms with Crippen LogP contribution in [0.5, 0.6) is 0 Å². The van der Waals surface area contributed by atoms with Crippen LogP contribution in [0.25, 0.3) is 0 Å². The Kier molecular flexibility index (Phi) is 7.66. The van der Waals surface area contributed by atoms with Gasteiger partial charge in [0.05, 0.1) is 17.1 Å². The Balaban J connectivity index is 1.79. The normalized spacial score (nSPS) is 14.9.